The Balaban J connectivity index is 1.68. The lowest BCUT2D eigenvalue weighted by Gasteiger charge is -2.16. The summed E-state index contributed by atoms with van der Waals surface area (Å²) in [6, 6.07) is 16.9. The van der Waals surface area contributed by atoms with Gasteiger partial charge in [0.1, 0.15) is 5.75 Å². The van der Waals surface area contributed by atoms with Crippen LogP contribution in [0.4, 0.5) is 5.69 Å². The van der Waals surface area contributed by atoms with Crippen molar-refractivity contribution in [1.82, 2.24) is 10.9 Å². The Hall–Kier alpha value is -2.04. The molecule has 24 heavy (non-hydrogen) atoms. The van der Waals surface area contributed by atoms with Crippen molar-refractivity contribution in [2.45, 2.75) is 38.8 Å². The van der Waals surface area contributed by atoms with E-state index in [-0.39, 0.29) is 12.1 Å². The summed E-state index contributed by atoms with van der Waals surface area (Å²) in [5, 5.41) is 0. The minimum atomic E-state index is 0.239. The van der Waals surface area contributed by atoms with Crippen LogP contribution in [-0.4, -0.2) is 6.61 Å². The van der Waals surface area contributed by atoms with Crippen LogP contribution < -0.4 is 21.3 Å². The summed E-state index contributed by atoms with van der Waals surface area (Å²) in [7, 11) is 0. The summed E-state index contributed by atoms with van der Waals surface area (Å²) < 4.78 is 6.03. The van der Waals surface area contributed by atoms with Crippen LogP contribution >= 0.6 is 0 Å². The average Bonchev–Trinajstić information content (AvgIpc) is 3.05. The highest BCUT2D eigenvalue weighted by Crippen LogP contribution is 2.35. The summed E-state index contributed by atoms with van der Waals surface area (Å²) in [5.74, 6) is 1.63. The first-order chi connectivity index (χ1) is 11.6. The second-order valence-corrected chi connectivity index (χ2v) is 6.87. The number of benzene rings is 2. The van der Waals surface area contributed by atoms with Gasteiger partial charge in [-0.1, -0.05) is 44.2 Å². The van der Waals surface area contributed by atoms with E-state index in [1.54, 1.807) is 0 Å². The van der Waals surface area contributed by atoms with Crippen molar-refractivity contribution in [3.63, 3.8) is 0 Å². The lowest BCUT2D eigenvalue weighted by Crippen LogP contribution is -2.26. The number of nitrogens with one attached hydrogen (secondary N) is 2. The minimum Gasteiger partial charge on any atom is -0.493 e. The number of anilines is 1. The molecule has 1 fully saturated rings. The summed E-state index contributed by atoms with van der Waals surface area (Å²) in [4.78, 5) is 0. The minimum absolute atomic E-state index is 0.239. The van der Waals surface area contributed by atoms with Gasteiger partial charge in [-0.15, -0.1) is 0 Å². The summed E-state index contributed by atoms with van der Waals surface area (Å²) in [5.41, 5.74) is 15.8. The number of hydrazine groups is 1. The van der Waals surface area contributed by atoms with E-state index in [0.717, 1.165) is 30.9 Å². The summed E-state index contributed by atoms with van der Waals surface area (Å²) in [6.45, 7) is 5.19. The molecule has 1 aliphatic heterocycles. The lowest BCUT2D eigenvalue weighted by atomic mass is 9.97. The molecule has 1 aliphatic rings. The Morgan fingerprint density at radius 3 is 2.50 bits per heavy atom. The number of hydrogen-bond donors (Lipinski definition) is 3. The first kappa shape index (κ1) is 16.8. The molecule has 4 nitrogen and oxygen atoms in total. The lowest BCUT2D eigenvalue weighted by molar-refractivity contribution is 0.284. The SMILES string of the molecule is CC(C)CCOc1ccccc1C1CC(c2ccc(N)cc2)NN1. The normalized spacial score (nSPS) is 20.5. The van der Waals surface area contributed by atoms with Gasteiger partial charge in [0.15, 0.2) is 0 Å². The predicted molar refractivity (Wildman–Crippen MR) is 98.6 cm³/mol. The third kappa shape index (κ3) is 4.08. The molecule has 1 saturated heterocycles. The van der Waals surface area contributed by atoms with Crippen LogP contribution in [0.1, 0.15) is 49.9 Å². The Bertz CT molecular complexity index is 654. The fourth-order valence-electron chi connectivity index (χ4n) is 3.01. The van der Waals surface area contributed by atoms with Crippen LogP contribution in [0.3, 0.4) is 0 Å². The maximum atomic E-state index is 6.03. The monoisotopic (exact) mass is 325 g/mol. The molecule has 0 saturated carbocycles. The van der Waals surface area contributed by atoms with E-state index in [1.807, 2.05) is 18.2 Å². The molecule has 0 aromatic heterocycles. The van der Waals surface area contributed by atoms with Crippen molar-refractivity contribution in [1.29, 1.82) is 0 Å². The molecule has 2 aromatic carbocycles. The van der Waals surface area contributed by atoms with Crippen LogP contribution in [0.15, 0.2) is 48.5 Å². The van der Waals surface area contributed by atoms with E-state index in [0.29, 0.717) is 5.92 Å². The van der Waals surface area contributed by atoms with Gasteiger partial charge in [-0.05, 0) is 42.5 Å². The van der Waals surface area contributed by atoms with Crippen molar-refractivity contribution in [2.24, 2.45) is 5.92 Å². The van der Waals surface area contributed by atoms with Crippen LogP contribution in [-0.2, 0) is 0 Å². The number of nitrogen functional groups attached to an aromatic ring is 1. The maximum Gasteiger partial charge on any atom is 0.124 e. The molecule has 0 bridgehead atoms. The third-order valence-corrected chi connectivity index (χ3v) is 4.49. The highest BCUT2D eigenvalue weighted by molar-refractivity contribution is 5.41. The zero-order valence-corrected chi connectivity index (χ0v) is 14.5. The van der Waals surface area contributed by atoms with Gasteiger partial charge in [0, 0.05) is 17.3 Å². The van der Waals surface area contributed by atoms with E-state index in [9.17, 15) is 0 Å². The molecule has 3 rings (SSSR count). The number of rotatable bonds is 6. The molecule has 2 aromatic rings. The van der Waals surface area contributed by atoms with E-state index < -0.39 is 0 Å². The second-order valence-electron chi connectivity index (χ2n) is 6.87. The molecule has 4 heteroatoms. The molecular formula is C20H27N3O. The largest absolute Gasteiger partial charge is 0.493 e. The molecule has 2 unspecified atom stereocenters. The number of ether oxygens (including phenoxy) is 1. The zero-order valence-electron chi connectivity index (χ0n) is 14.5. The quantitative estimate of drug-likeness (QED) is 0.703. The van der Waals surface area contributed by atoms with Crippen LogP contribution in [0.5, 0.6) is 5.75 Å². The van der Waals surface area contributed by atoms with Gasteiger partial charge in [0.25, 0.3) is 0 Å². The first-order valence-corrected chi connectivity index (χ1v) is 8.71. The van der Waals surface area contributed by atoms with Crippen LogP contribution in [0.2, 0.25) is 0 Å². The summed E-state index contributed by atoms with van der Waals surface area (Å²) in [6.07, 6.45) is 2.05. The molecule has 0 spiro atoms. The Labute approximate surface area is 144 Å². The van der Waals surface area contributed by atoms with Crippen molar-refractivity contribution in [2.75, 3.05) is 12.3 Å². The van der Waals surface area contributed by atoms with Crippen molar-refractivity contribution < 1.29 is 4.74 Å². The number of nitrogens with two attached hydrogens (primary N) is 1. The van der Waals surface area contributed by atoms with Gasteiger partial charge in [0.2, 0.25) is 0 Å². The van der Waals surface area contributed by atoms with Gasteiger partial charge in [-0.3, -0.25) is 0 Å². The standard InChI is InChI=1S/C20H27N3O/c1-14(2)11-12-24-20-6-4-3-5-17(20)19-13-18(22-23-19)15-7-9-16(21)10-8-15/h3-10,14,18-19,22-23H,11-13,21H2,1-2H3. The fraction of sp³-hybridized carbons (Fsp3) is 0.400. The van der Waals surface area contributed by atoms with Gasteiger partial charge < -0.3 is 10.5 Å². The number of hydrogen-bond acceptors (Lipinski definition) is 4. The van der Waals surface area contributed by atoms with E-state index in [1.165, 1.54) is 11.1 Å². The van der Waals surface area contributed by atoms with Crippen LogP contribution in [0.25, 0.3) is 0 Å². The van der Waals surface area contributed by atoms with Gasteiger partial charge in [0.05, 0.1) is 12.6 Å². The topological polar surface area (TPSA) is 59.3 Å². The molecule has 1 heterocycles. The van der Waals surface area contributed by atoms with Crippen molar-refractivity contribution in [3.8, 4) is 5.75 Å². The fourth-order valence-corrected chi connectivity index (χ4v) is 3.01. The number of para-hydroxylation sites is 1. The molecule has 128 valence electrons. The summed E-state index contributed by atoms with van der Waals surface area (Å²) >= 11 is 0. The van der Waals surface area contributed by atoms with Gasteiger partial charge in [-0.2, -0.15) is 0 Å². The predicted octanol–water partition coefficient (Wildman–Crippen LogP) is 3.97. The zero-order chi connectivity index (χ0) is 16.9. The molecule has 4 N–H and O–H groups in total. The maximum absolute atomic E-state index is 6.03. The Morgan fingerprint density at radius 2 is 1.75 bits per heavy atom. The highest BCUT2D eigenvalue weighted by atomic mass is 16.5. The first-order valence-electron chi connectivity index (χ1n) is 8.71. The molecule has 2 atom stereocenters. The Morgan fingerprint density at radius 1 is 1.04 bits per heavy atom. The Kier molecular flexibility index (Phi) is 5.38. The van der Waals surface area contributed by atoms with Crippen molar-refractivity contribution in [3.05, 3.63) is 59.7 Å². The van der Waals surface area contributed by atoms with Gasteiger partial charge in [-0.25, -0.2) is 10.9 Å². The molecule has 0 radical (unpaired) electrons. The second kappa shape index (κ2) is 7.69. The highest BCUT2D eigenvalue weighted by Gasteiger charge is 2.28. The smallest absolute Gasteiger partial charge is 0.124 e. The van der Waals surface area contributed by atoms with Crippen molar-refractivity contribution >= 4 is 5.69 Å². The third-order valence-electron chi connectivity index (χ3n) is 4.49. The molecule has 0 aliphatic carbocycles. The van der Waals surface area contributed by atoms with E-state index >= 15 is 0 Å². The van der Waals surface area contributed by atoms with E-state index in [2.05, 4.69) is 55.0 Å². The molecule has 0 amide bonds. The molecular weight excluding hydrogens is 298 g/mol. The van der Waals surface area contributed by atoms with Gasteiger partial charge >= 0.3 is 0 Å². The van der Waals surface area contributed by atoms with E-state index in [4.69, 9.17) is 10.5 Å². The average molecular weight is 325 g/mol. The van der Waals surface area contributed by atoms with Crippen LogP contribution in [0, 0.1) is 5.92 Å².